The summed E-state index contributed by atoms with van der Waals surface area (Å²) in [4.78, 5) is 18.7. The van der Waals surface area contributed by atoms with Crippen molar-refractivity contribution in [2.24, 2.45) is 5.73 Å². The fraction of sp³-hybridized carbons (Fsp3) is 0.0667. The Hall–Kier alpha value is -1.89. The van der Waals surface area contributed by atoms with Gasteiger partial charge in [-0.15, -0.1) is 0 Å². The van der Waals surface area contributed by atoms with Gasteiger partial charge >= 0.3 is 0 Å². The quantitative estimate of drug-likeness (QED) is 0.689. The summed E-state index contributed by atoms with van der Waals surface area (Å²) in [5.74, 6) is -0.450. The van der Waals surface area contributed by atoms with Crippen LogP contribution in [0.5, 0.6) is 0 Å². The van der Waals surface area contributed by atoms with Gasteiger partial charge in [0.05, 0.1) is 11.3 Å². The summed E-state index contributed by atoms with van der Waals surface area (Å²) < 4.78 is 0.948. The molecule has 1 amide bonds. The molecule has 1 aromatic carbocycles. The summed E-state index contributed by atoms with van der Waals surface area (Å²) in [5, 5.41) is 1.20. The molecule has 2 aromatic heterocycles. The maximum absolute atomic E-state index is 11.1. The van der Waals surface area contributed by atoms with Gasteiger partial charge in [0.15, 0.2) is 0 Å². The lowest BCUT2D eigenvalue weighted by molar-refractivity contribution is 0.1000. The molecule has 3 N–H and O–H groups in total. The highest BCUT2D eigenvalue weighted by atomic mass is 127. The molecule has 0 bridgehead atoms. The number of nitrogens with two attached hydrogens (primary N) is 1. The Kier molecular flexibility index (Phi) is 3.43. The first-order valence-electron chi connectivity index (χ1n) is 6.14. The highest BCUT2D eigenvalue weighted by molar-refractivity contribution is 14.1. The maximum atomic E-state index is 11.1. The van der Waals surface area contributed by atoms with Crippen molar-refractivity contribution in [3.8, 4) is 0 Å². The van der Waals surface area contributed by atoms with Gasteiger partial charge in [-0.1, -0.05) is 18.2 Å². The number of fused-ring (bicyclic) bond motifs is 1. The van der Waals surface area contributed by atoms with E-state index in [1.807, 2.05) is 24.4 Å². The summed E-state index contributed by atoms with van der Waals surface area (Å²) in [6, 6.07) is 9.94. The SMILES string of the molecule is NC(=O)c1cnc(Cc2c[nH]c3ccccc23)c(I)c1. The van der Waals surface area contributed by atoms with E-state index in [-0.39, 0.29) is 0 Å². The van der Waals surface area contributed by atoms with Crippen molar-refractivity contribution in [2.75, 3.05) is 0 Å². The number of benzene rings is 1. The van der Waals surface area contributed by atoms with Gasteiger partial charge in [0.25, 0.3) is 0 Å². The van der Waals surface area contributed by atoms with Gasteiger partial charge < -0.3 is 10.7 Å². The second-order valence-corrected chi connectivity index (χ2v) is 5.72. The third kappa shape index (κ3) is 2.40. The molecule has 3 aromatic rings. The lowest BCUT2D eigenvalue weighted by Crippen LogP contribution is -2.12. The fourth-order valence-electron chi connectivity index (χ4n) is 2.19. The zero-order chi connectivity index (χ0) is 14.1. The standard InChI is InChI=1S/C15H12IN3O/c16-12-5-10(15(17)20)8-19-14(12)6-9-7-18-13-4-2-1-3-11(9)13/h1-5,7-8,18H,6H2,(H2,17,20). The largest absolute Gasteiger partial charge is 0.366 e. The number of H-pyrrole nitrogens is 1. The maximum Gasteiger partial charge on any atom is 0.250 e. The molecule has 100 valence electrons. The molecule has 0 radical (unpaired) electrons. The molecule has 4 nitrogen and oxygen atoms in total. The van der Waals surface area contributed by atoms with Gasteiger partial charge in [0, 0.05) is 33.3 Å². The van der Waals surface area contributed by atoms with Crippen LogP contribution in [0.1, 0.15) is 21.6 Å². The van der Waals surface area contributed by atoms with Crippen molar-refractivity contribution in [3.63, 3.8) is 0 Å². The molecule has 0 aliphatic rings. The van der Waals surface area contributed by atoms with E-state index in [1.165, 1.54) is 17.1 Å². The molecule has 0 unspecified atom stereocenters. The predicted octanol–water partition coefficient (Wildman–Crippen LogP) is 2.86. The Morgan fingerprint density at radius 2 is 2.15 bits per heavy atom. The van der Waals surface area contributed by atoms with Crippen molar-refractivity contribution in [3.05, 3.63) is 63.1 Å². The average Bonchev–Trinajstić information content (AvgIpc) is 2.84. The van der Waals surface area contributed by atoms with Crippen LogP contribution in [0, 0.1) is 3.57 Å². The first-order chi connectivity index (χ1) is 9.65. The second-order valence-electron chi connectivity index (χ2n) is 4.55. The Labute approximate surface area is 129 Å². The number of nitrogens with one attached hydrogen (secondary N) is 1. The van der Waals surface area contributed by atoms with E-state index in [4.69, 9.17) is 5.73 Å². The number of nitrogens with zero attached hydrogens (tertiary/aromatic N) is 1. The van der Waals surface area contributed by atoms with Crippen molar-refractivity contribution in [2.45, 2.75) is 6.42 Å². The van der Waals surface area contributed by atoms with Crippen LogP contribution >= 0.6 is 22.6 Å². The predicted molar refractivity (Wildman–Crippen MR) is 86.6 cm³/mol. The summed E-state index contributed by atoms with van der Waals surface area (Å²) in [6.45, 7) is 0. The van der Waals surface area contributed by atoms with Crippen LogP contribution in [0.15, 0.2) is 42.7 Å². The zero-order valence-electron chi connectivity index (χ0n) is 10.6. The fourth-order valence-corrected chi connectivity index (χ4v) is 2.85. The molecule has 0 atom stereocenters. The molecule has 3 rings (SSSR count). The summed E-state index contributed by atoms with van der Waals surface area (Å²) in [5.41, 5.74) is 8.95. The minimum absolute atomic E-state index is 0.442. The molecule has 0 saturated carbocycles. The summed E-state index contributed by atoms with van der Waals surface area (Å²) in [7, 11) is 0. The van der Waals surface area contributed by atoms with Gasteiger partial charge in [0.2, 0.25) is 5.91 Å². The van der Waals surface area contributed by atoms with E-state index in [1.54, 1.807) is 6.07 Å². The number of aromatic amines is 1. The van der Waals surface area contributed by atoms with Crippen LogP contribution in [-0.4, -0.2) is 15.9 Å². The smallest absolute Gasteiger partial charge is 0.250 e. The van der Waals surface area contributed by atoms with Crippen LogP contribution < -0.4 is 5.73 Å². The van der Waals surface area contributed by atoms with E-state index in [9.17, 15) is 4.79 Å². The third-order valence-electron chi connectivity index (χ3n) is 3.23. The summed E-state index contributed by atoms with van der Waals surface area (Å²) in [6.07, 6.45) is 4.26. The van der Waals surface area contributed by atoms with Gasteiger partial charge in [-0.2, -0.15) is 0 Å². The first kappa shape index (κ1) is 13.1. The molecule has 0 fully saturated rings. The minimum Gasteiger partial charge on any atom is -0.366 e. The van der Waals surface area contributed by atoms with Crippen LogP contribution in [0.4, 0.5) is 0 Å². The van der Waals surface area contributed by atoms with Gasteiger partial charge in [0.1, 0.15) is 0 Å². The molecule has 20 heavy (non-hydrogen) atoms. The Balaban J connectivity index is 1.97. The van der Waals surface area contributed by atoms with Crippen molar-refractivity contribution < 1.29 is 4.79 Å². The molecule has 0 saturated heterocycles. The molecule has 0 aliphatic carbocycles. The number of carbonyl (C=O) groups is 1. The van der Waals surface area contributed by atoms with Crippen molar-refractivity contribution in [1.29, 1.82) is 0 Å². The zero-order valence-corrected chi connectivity index (χ0v) is 12.7. The number of amides is 1. The monoisotopic (exact) mass is 377 g/mol. The van der Waals surface area contributed by atoms with Gasteiger partial charge in [-0.3, -0.25) is 9.78 Å². The number of hydrogen-bond donors (Lipinski definition) is 2. The number of carbonyl (C=O) groups excluding carboxylic acids is 1. The molecular formula is C15H12IN3O. The van der Waals surface area contributed by atoms with Crippen LogP contribution in [0.3, 0.4) is 0 Å². The Bertz CT molecular complexity index is 795. The van der Waals surface area contributed by atoms with E-state index in [2.05, 4.69) is 38.6 Å². The number of halogens is 1. The number of para-hydroxylation sites is 1. The van der Waals surface area contributed by atoms with E-state index in [0.29, 0.717) is 5.56 Å². The molecule has 5 heteroatoms. The van der Waals surface area contributed by atoms with Gasteiger partial charge in [-0.25, -0.2) is 0 Å². The molecule has 0 spiro atoms. The number of primary amides is 1. The molecule has 2 heterocycles. The third-order valence-corrected chi connectivity index (χ3v) is 4.17. The highest BCUT2D eigenvalue weighted by Crippen LogP contribution is 2.22. The van der Waals surface area contributed by atoms with Crippen LogP contribution in [-0.2, 0) is 6.42 Å². The lowest BCUT2D eigenvalue weighted by atomic mass is 10.1. The molecule has 0 aliphatic heterocycles. The van der Waals surface area contributed by atoms with Crippen LogP contribution in [0.2, 0.25) is 0 Å². The highest BCUT2D eigenvalue weighted by Gasteiger charge is 2.10. The van der Waals surface area contributed by atoms with Crippen molar-refractivity contribution >= 4 is 39.4 Å². The molecular weight excluding hydrogens is 365 g/mol. The van der Waals surface area contributed by atoms with E-state index in [0.717, 1.165) is 21.2 Å². The number of pyridine rings is 1. The average molecular weight is 377 g/mol. The number of hydrogen-bond acceptors (Lipinski definition) is 2. The summed E-state index contributed by atoms with van der Waals surface area (Å²) >= 11 is 2.19. The topological polar surface area (TPSA) is 71.8 Å². The minimum atomic E-state index is -0.450. The Morgan fingerprint density at radius 3 is 2.90 bits per heavy atom. The van der Waals surface area contributed by atoms with Gasteiger partial charge in [-0.05, 0) is 40.3 Å². The second kappa shape index (κ2) is 5.24. The Morgan fingerprint density at radius 1 is 1.35 bits per heavy atom. The lowest BCUT2D eigenvalue weighted by Gasteiger charge is -2.04. The first-order valence-corrected chi connectivity index (χ1v) is 7.22. The number of aromatic nitrogens is 2. The normalized spacial score (nSPS) is 10.8. The van der Waals surface area contributed by atoms with E-state index < -0.39 is 5.91 Å². The number of rotatable bonds is 3. The van der Waals surface area contributed by atoms with Crippen molar-refractivity contribution in [1.82, 2.24) is 9.97 Å². The van der Waals surface area contributed by atoms with E-state index >= 15 is 0 Å². The van der Waals surface area contributed by atoms with Crippen LogP contribution in [0.25, 0.3) is 10.9 Å².